The Morgan fingerprint density at radius 3 is 2.79 bits per heavy atom. The molecule has 144 valence electrons. The van der Waals surface area contributed by atoms with E-state index in [-0.39, 0.29) is 24.2 Å². The van der Waals surface area contributed by atoms with Crippen LogP contribution >= 0.6 is 0 Å². The van der Waals surface area contributed by atoms with E-state index in [4.69, 9.17) is 0 Å². The zero-order valence-corrected chi connectivity index (χ0v) is 16.1. The van der Waals surface area contributed by atoms with Gasteiger partial charge in [0, 0.05) is 42.3 Å². The molecule has 2 heterocycles. The fourth-order valence-electron chi connectivity index (χ4n) is 3.99. The summed E-state index contributed by atoms with van der Waals surface area (Å²) >= 11 is 0. The quantitative estimate of drug-likeness (QED) is 0.693. The number of aryl methyl sites for hydroxylation is 1. The molecular weight excluding hydrogens is 350 g/mol. The smallest absolute Gasteiger partial charge is 0.227 e. The summed E-state index contributed by atoms with van der Waals surface area (Å²) in [7, 11) is 0. The van der Waals surface area contributed by atoms with Crippen LogP contribution in [-0.2, 0) is 22.4 Å². The van der Waals surface area contributed by atoms with Crippen LogP contribution in [0.2, 0.25) is 0 Å². The summed E-state index contributed by atoms with van der Waals surface area (Å²) in [5.74, 6) is -0.303. The van der Waals surface area contributed by atoms with Gasteiger partial charge in [-0.1, -0.05) is 43.3 Å². The number of nitrogens with one attached hydrogen (secondary N) is 2. The fraction of sp³-hybridized carbons (Fsp3) is 0.304. The second kappa shape index (κ2) is 7.89. The SMILES string of the molecule is CCc1ccccc1N1CC(C(=O)NCCc2c[nH]c3ccccc23)CC1=O. The van der Waals surface area contributed by atoms with Gasteiger partial charge in [0.1, 0.15) is 0 Å². The first-order chi connectivity index (χ1) is 13.7. The summed E-state index contributed by atoms with van der Waals surface area (Å²) in [6, 6.07) is 16.1. The Balaban J connectivity index is 1.36. The fourth-order valence-corrected chi connectivity index (χ4v) is 3.99. The van der Waals surface area contributed by atoms with Crippen LogP contribution in [-0.4, -0.2) is 29.9 Å². The molecular formula is C23H25N3O2. The van der Waals surface area contributed by atoms with Gasteiger partial charge in [-0.15, -0.1) is 0 Å². The molecule has 3 aromatic rings. The molecule has 1 aliphatic heterocycles. The van der Waals surface area contributed by atoms with Gasteiger partial charge in [-0.25, -0.2) is 0 Å². The summed E-state index contributed by atoms with van der Waals surface area (Å²) in [4.78, 5) is 30.1. The van der Waals surface area contributed by atoms with Gasteiger partial charge in [-0.05, 0) is 36.1 Å². The second-order valence-corrected chi connectivity index (χ2v) is 7.29. The number of para-hydroxylation sites is 2. The molecule has 1 saturated heterocycles. The van der Waals surface area contributed by atoms with Crippen molar-refractivity contribution < 1.29 is 9.59 Å². The van der Waals surface area contributed by atoms with Crippen molar-refractivity contribution in [3.63, 3.8) is 0 Å². The number of aromatic nitrogens is 1. The summed E-state index contributed by atoms with van der Waals surface area (Å²) in [5, 5.41) is 4.21. The first-order valence-corrected chi connectivity index (χ1v) is 9.88. The Hall–Kier alpha value is -3.08. The van der Waals surface area contributed by atoms with E-state index in [1.54, 1.807) is 4.90 Å². The molecule has 1 aromatic heterocycles. The van der Waals surface area contributed by atoms with Crippen LogP contribution in [0.15, 0.2) is 54.7 Å². The molecule has 0 aliphatic carbocycles. The lowest BCUT2D eigenvalue weighted by Crippen LogP contribution is -2.34. The third-order valence-corrected chi connectivity index (χ3v) is 5.53. The third kappa shape index (κ3) is 3.52. The van der Waals surface area contributed by atoms with Gasteiger partial charge < -0.3 is 15.2 Å². The standard InChI is InChI=1S/C23H25N3O2/c1-2-16-7-3-6-10-21(16)26-15-18(13-22(26)27)23(28)24-12-11-17-14-25-20-9-5-4-8-19(17)20/h3-10,14,18,25H,2,11-13,15H2,1H3,(H,24,28). The summed E-state index contributed by atoms with van der Waals surface area (Å²) < 4.78 is 0. The van der Waals surface area contributed by atoms with Gasteiger partial charge in [-0.2, -0.15) is 0 Å². The third-order valence-electron chi connectivity index (χ3n) is 5.53. The van der Waals surface area contributed by atoms with Crippen molar-refractivity contribution in [3.8, 4) is 0 Å². The maximum Gasteiger partial charge on any atom is 0.227 e. The topological polar surface area (TPSA) is 65.2 Å². The zero-order chi connectivity index (χ0) is 19.5. The molecule has 1 atom stereocenters. The van der Waals surface area contributed by atoms with Crippen LogP contribution in [0.4, 0.5) is 5.69 Å². The predicted molar refractivity (Wildman–Crippen MR) is 111 cm³/mol. The van der Waals surface area contributed by atoms with E-state index in [0.29, 0.717) is 13.1 Å². The van der Waals surface area contributed by atoms with E-state index >= 15 is 0 Å². The van der Waals surface area contributed by atoms with Crippen molar-refractivity contribution in [2.75, 3.05) is 18.0 Å². The van der Waals surface area contributed by atoms with Crippen molar-refractivity contribution in [3.05, 3.63) is 65.9 Å². The minimum absolute atomic E-state index is 0.0256. The molecule has 0 bridgehead atoms. The Morgan fingerprint density at radius 1 is 1.14 bits per heavy atom. The van der Waals surface area contributed by atoms with Crippen LogP contribution in [0.25, 0.3) is 10.9 Å². The van der Waals surface area contributed by atoms with Gasteiger partial charge in [-0.3, -0.25) is 9.59 Å². The number of anilines is 1. The summed E-state index contributed by atoms with van der Waals surface area (Å²) in [6.45, 7) is 3.10. The van der Waals surface area contributed by atoms with E-state index in [1.165, 1.54) is 10.9 Å². The largest absolute Gasteiger partial charge is 0.361 e. The number of carbonyl (C=O) groups is 2. The molecule has 0 spiro atoms. The minimum Gasteiger partial charge on any atom is -0.361 e. The highest BCUT2D eigenvalue weighted by molar-refractivity contribution is 6.00. The molecule has 1 unspecified atom stereocenters. The second-order valence-electron chi connectivity index (χ2n) is 7.29. The highest BCUT2D eigenvalue weighted by atomic mass is 16.2. The van der Waals surface area contributed by atoms with Gasteiger partial charge in [0.15, 0.2) is 0 Å². The number of fused-ring (bicyclic) bond motifs is 1. The lowest BCUT2D eigenvalue weighted by molar-refractivity contribution is -0.126. The van der Waals surface area contributed by atoms with Crippen molar-refractivity contribution in [1.29, 1.82) is 0 Å². The number of carbonyl (C=O) groups excluding carboxylic acids is 2. The lowest BCUT2D eigenvalue weighted by atomic mass is 10.1. The van der Waals surface area contributed by atoms with Gasteiger partial charge >= 0.3 is 0 Å². The van der Waals surface area contributed by atoms with E-state index in [2.05, 4.69) is 23.3 Å². The van der Waals surface area contributed by atoms with Crippen LogP contribution in [0.1, 0.15) is 24.5 Å². The highest BCUT2D eigenvalue weighted by Crippen LogP contribution is 2.28. The van der Waals surface area contributed by atoms with Crippen LogP contribution in [0.3, 0.4) is 0 Å². The Labute approximate surface area is 164 Å². The van der Waals surface area contributed by atoms with Crippen LogP contribution in [0, 0.1) is 5.92 Å². The number of hydrogen-bond acceptors (Lipinski definition) is 2. The molecule has 1 aliphatic rings. The van der Waals surface area contributed by atoms with Gasteiger partial charge in [0.25, 0.3) is 0 Å². The highest BCUT2D eigenvalue weighted by Gasteiger charge is 2.35. The lowest BCUT2D eigenvalue weighted by Gasteiger charge is -2.20. The molecule has 4 rings (SSSR count). The first kappa shape index (κ1) is 18.3. The number of H-pyrrole nitrogens is 1. The van der Waals surface area contributed by atoms with Crippen molar-refractivity contribution in [2.24, 2.45) is 5.92 Å². The summed E-state index contributed by atoms with van der Waals surface area (Å²) in [5.41, 5.74) is 4.37. The van der Waals surface area contributed by atoms with Crippen molar-refractivity contribution >= 4 is 28.4 Å². The van der Waals surface area contributed by atoms with Crippen LogP contribution < -0.4 is 10.2 Å². The first-order valence-electron chi connectivity index (χ1n) is 9.88. The molecule has 2 aromatic carbocycles. The maximum absolute atomic E-state index is 12.6. The molecule has 0 saturated carbocycles. The molecule has 2 N–H and O–H groups in total. The van der Waals surface area contributed by atoms with Crippen LogP contribution in [0.5, 0.6) is 0 Å². The minimum atomic E-state index is -0.291. The van der Waals surface area contributed by atoms with E-state index in [9.17, 15) is 9.59 Å². The predicted octanol–water partition coefficient (Wildman–Crippen LogP) is 3.44. The summed E-state index contributed by atoms with van der Waals surface area (Å²) in [6.07, 6.45) is 3.90. The van der Waals surface area contributed by atoms with Gasteiger partial charge in [0.2, 0.25) is 11.8 Å². The normalized spacial score (nSPS) is 16.7. The number of benzene rings is 2. The number of aromatic amines is 1. The van der Waals surface area contributed by atoms with Crippen molar-refractivity contribution in [2.45, 2.75) is 26.2 Å². The number of rotatable bonds is 6. The van der Waals surface area contributed by atoms with Gasteiger partial charge in [0.05, 0.1) is 5.92 Å². The molecule has 5 nitrogen and oxygen atoms in total. The number of nitrogens with zero attached hydrogens (tertiary/aromatic N) is 1. The maximum atomic E-state index is 12.6. The molecule has 5 heteroatoms. The average molecular weight is 375 g/mol. The number of amides is 2. The Bertz CT molecular complexity index is 1010. The van der Waals surface area contributed by atoms with Crippen molar-refractivity contribution in [1.82, 2.24) is 10.3 Å². The Kier molecular flexibility index (Phi) is 5.15. The molecule has 28 heavy (non-hydrogen) atoms. The van der Waals surface area contributed by atoms with E-state index in [0.717, 1.165) is 29.6 Å². The zero-order valence-electron chi connectivity index (χ0n) is 16.1. The monoisotopic (exact) mass is 375 g/mol. The van der Waals surface area contributed by atoms with E-state index in [1.807, 2.05) is 48.7 Å². The van der Waals surface area contributed by atoms with E-state index < -0.39 is 0 Å². The molecule has 2 amide bonds. The Morgan fingerprint density at radius 2 is 1.93 bits per heavy atom. The molecule has 1 fully saturated rings. The molecule has 0 radical (unpaired) electrons. The average Bonchev–Trinajstić information content (AvgIpc) is 3.31. The number of hydrogen-bond donors (Lipinski definition) is 2.